The van der Waals surface area contributed by atoms with Gasteiger partial charge in [0, 0.05) is 40.9 Å². The summed E-state index contributed by atoms with van der Waals surface area (Å²) in [6.07, 6.45) is 6.78. The normalized spacial score (nSPS) is 15.2. The number of pyridine rings is 2. The van der Waals surface area contributed by atoms with E-state index in [2.05, 4.69) is 25.3 Å². The molecule has 0 saturated carbocycles. The van der Waals surface area contributed by atoms with Gasteiger partial charge in [0.2, 0.25) is 0 Å². The molecule has 4 aromatic heterocycles. The molecular weight excluding hydrogens is 547 g/mol. The van der Waals surface area contributed by atoms with Crippen LogP contribution >= 0.6 is 23.2 Å². The van der Waals surface area contributed by atoms with E-state index in [-0.39, 0.29) is 6.23 Å². The Hall–Kier alpha value is -4.18. The van der Waals surface area contributed by atoms with Gasteiger partial charge in [-0.05, 0) is 55.7 Å². The second-order valence-electron chi connectivity index (χ2n) is 9.47. The zero-order chi connectivity index (χ0) is 27.6. The maximum absolute atomic E-state index is 6.24. The van der Waals surface area contributed by atoms with Crippen molar-refractivity contribution in [3.05, 3.63) is 83.1 Å². The molecule has 0 spiro atoms. The topological polar surface area (TPSA) is 134 Å². The quantitative estimate of drug-likeness (QED) is 0.210. The van der Waals surface area contributed by atoms with Crippen LogP contribution in [0.25, 0.3) is 44.3 Å². The van der Waals surface area contributed by atoms with Gasteiger partial charge in [0.15, 0.2) is 6.23 Å². The van der Waals surface area contributed by atoms with Crippen molar-refractivity contribution in [2.45, 2.75) is 25.5 Å². The van der Waals surface area contributed by atoms with Crippen LogP contribution in [0.4, 0.5) is 11.6 Å². The number of nitrogens with one attached hydrogen (secondary N) is 1. The number of ether oxygens (including phenoxy) is 1. The van der Waals surface area contributed by atoms with Gasteiger partial charge in [-0.3, -0.25) is 5.10 Å². The molecule has 9 nitrogen and oxygen atoms in total. The van der Waals surface area contributed by atoms with Crippen molar-refractivity contribution < 1.29 is 4.74 Å². The van der Waals surface area contributed by atoms with Crippen molar-refractivity contribution in [1.82, 2.24) is 29.9 Å². The zero-order valence-electron chi connectivity index (χ0n) is 21.4. The van der Waals surface area contributed by atoms with Gasteiger partial charge >= 0.3 is 0 Å². The van der Waals surface area contributed by atoms with Crippen molar-refractivity contribution in [2.24, 2.45) is 0 Å². The molecule has 2 aromatic carbocycles. The molecule has 5 N–H and O–H groups in total. The second-order valence-corrected chi connectivity index (χ2v) is 10.3. The first-order valence-corrected chi connectivity index (χ1v) is 13.6. The highest BCUT2D eigenvalue weighted by Gasteiger charge is 2.20. The Bertz CT molecular complexity index is 1800. The first-order chi connectivity index (χ1) is 19.5. The number of fused-ring (bicyclic) bond motifs is 2. The highest BCUT2D eigenvalue weighted by atomic mass is 35.5. The van der Waals surface area contributed by atoms with Crippen LogP contribution in [0.15, 0.2) is 73.1 Å². The standard InChI is InChI=1S/C17H17ClN4O.C12H9ClN4/c18-13-10-16(19)21-14-9-11(4-5-12(13)14)15-6-7-20-22(15)17-3-1-2-8-23-17;13-9-6-12(14)16-11-5-7(1-2-8(9)11)10-3-4-15-17-10/h4-7,9-10,17H,1-3,8H2,(H2,19,21);1-6H,(H2,14,16)(H,15,17). The number of nitrogens with two attached hydrogens (primary N) is 2. The maximum atomic E-state index is 6.24. The SMILES string of the molecule is Nc1cc(Cl)c2ccc(-c3ccn[nH]3)cc2n1.Nc1cc(Cl)c2ccc(-c3ccnn3C3CCCCO3)cc2n1. The van der Waals surface area contributed by atoms with Gasteiger partial charge in [-0.1, -0.05) is 47.5 Å². The summed E-state index contributed by atoms with van der Waals surface area (Å²) in [6.45, 7) is 0.787. The lowest BCUT2D eigenvalue weighted by molar-refractivity contribution is -0.0383. The van der Waals surface area contributed by atoms with Gasteiger partial charge in [-0.15, -0.1) is 0 Å². The molecule has 0 radical (unpaired) electrons. The summed E-state index contributed by atoms with van der Waals surface area (Å²) in [4.78, 5) is 8.65. The van der Waals surface area contributed by atoms with Crippen molar-refractivity contribution in [2.75, 3.05) is 18.1 Å². The number of nitrogen functional groups attached to an aromatic ring is 2. The van der Waals surface area contributed by atoms with Crippen LogP contribution in [-0.2, 0) is 4.74 Å². The number of aromatic amines is 1. The Morgan fingerprint density at radius 1 is 0.800 bits per heavy atom. The lowest BCUT2D eigenvalue weighted by Gasteiger charge is -2.24. The first kappa shape index (κ1) is 26.1. The molecule has 202 valence electrons. The van der Waals surface area contributed by atoms with E-state index in [0.29, 0.717) is 21.7 Å². The summed E-state index contributed by atoms with van der Waals surface area (Å²) in [6, 6.07) is 19.0. The molecule has 0 bridgehead atoms. The number of rotatable bonds is 3. The summed E-state index contributed by atoms with van der Waals surface area (Å²) in [5, 5.41) is 14.3. The summed E-state index contributed by atoms with van der Waals surface area (Å²) in [7, 11) is 0. The third kappa shape index (κ3) is 5.31. The number of nitrogens with zero attached hydrogens (tertiary/aromatic N) is 5. The van der Waals surface area contributed by atoms with Gasteiger partial charge in [0.25, 0.3) is 0 Å². The van der Waals surface area contributed by atoms with Gasteiger partial charge in [-0.25, -0.2) is 14.6 Å². The Labute approximate surface area is 240 Å². The van der Waals surface area contributed by atoms with Crippen LogP contribution in [0.3, 0.4) is 0 Å². The lowest BCUT2D eigenvalue weighted by Crippen LogP contribution is -2.19. The predicted octanol–water partition coefficient (Wildman–Crippen LogP) is 6.89. The Balaban J connectivity index is 0.000000151. The fourth-order valence-electron chi connectivity index (χ4n) is 4.84. The lowest BCUT2D eigenvalue weighted by atomic mass is 10.1. The van der Waals surface area contributed by atoms with Crippen LogP contribution in [0, 0.1) is 0 Å². The molecule has 0 amide bonds. The molecule has 1 unspecified atom stereocenters. The molecule has 1 saturated heterocycles. The van der Waals surface area contributed by atoms with Crippen LogP contribution in [0.2, 0.25) is 10.0 Å². The third-order valence-electron chi connectivity index (χ3n) is 6.76. The van der Waals surface area contributed by atoms with E-state index >= 15 is 0 Å². The minimum Gasteiger partial charge on any atom is -0.384 e. The van der Waals surface area contributed by atoms with E-state index in [1.54, 1.807) is 24.5 Å². The molecule has 1 atom stereocenters. The molecular formula is C29H26Cl2N8O. The fourth-order valence-corrected chi connectivity index (χ4v) is 5.39. The average molecular weight is 573 g/mol. The largest absolute Gasteiger partial charge is 0.384 e. The molecule has 11 heteroatoms. The zero-order valence-corrected chi connectivity index (χ0v) is 22.9. The van der Waals surface area contributed by atoms with Crippen molar-refractivity contribution in [3.63, 3.8) is 0 Å². The summed E-state index contributed by atoms with van der Waals surface area (Å²) < 4.78 is 7.81. The number of halogens is 2. The van der Waals surface area contributed by atoms with Crippen molar-refractivity contribution in [3.8, 4) is 22.5 Å². The minimum atomic E-state index is 0.00170. The number of hydrogen-bond acceptors (Lipinski definition) is 7. The number of H-pyrrole nitrogens is 1. The maximum Gasteiger partial charge on any atom is 0.150 e. The molecule has 1 fully saturated rings. The number of aromatic nitrogens is 6. The molecule has 0 aliphatic carbocycles. The van der Waals surface area contributed by atoms with Crippen molar-refractivity contribution >= 4 is 56.6 Å². The van der Waals surface area contributed by atoms with E-state index in [1.807, 2.05) is 53.2 Å². The second kappa shape index (κ2) is 11.1. The molecule has 5 heterocycles. The molecule has 6 aromatic rings. The summed E-state index contributed by atoms with van der Waals surface area (Å²) in [5.74, 6) is 0.841. The van der Waals surface area contributed by atoms with Gasteiger partial charge in [0.1, 0.15) is 11.6 Å². The van der Waals surface area contributed by atoms with Crippen LogP contribution in [-0.4, -0.2) is 36.6 Å². The van der Waals surface area contributed by atoms with Gasteiger partial charge < -0.3 is 16.2 Å². The van der Waals surface area contributed by atoms with Gasteiger partial charge in [0.05, 0.1) is 32.5 Å². The van der Waals surface area contributed by atoms with E-state index in [1.165, 1.54) is 0 Å². The highest BCUT2D eigenvalue weighted by Crippen LogP contribution is 2.32. The van der Waals surface area contributed by atoms with Crippen LogP contribution < -0.4 is 11.5 Å². The Morgan fingerprint density at radius 2 is 1.48 bits per heavy atom. The smallest absolute Gasteiger partial charge is 0.150 e. The average Bonchev–Trinajstić information content (AvgIpc) is 3.66. The molecule has 1 aliphatic heterocycles. The summed E-state index contributed by atoms with van der Waals surface area (Å²) in [5.41, 5.74) is 17.0. The highest BCUT2D eigenvalue weighted by molar-refractivity contribution is 6.36. The number of hydrogen-bond donors (Lipinski definition) is 3. The predicted molar refractivity (Wildman–Crippen MR) is 160 cm³/mol. The molecule has 1 aliphatic rings. The minimum absolute atomic E-state index is 0.00170. The van der Waals surface area contributed by atoms with E-state index < -0.39 is 0 Å². The molecule has 40 heavy (non-hydrogen) atoms. The molecule has 7 rings (SSSR count). The van der Waals surface area contributed by atoms with E-state index in [0.717, 1.165) is 70.2 Å². The number of benzene rings is 2. The Kier molecular flexibility index (Phi) is 7.25. The van der Waals surface area contributed by atoms with E-state index in [9.17, 15) is 0 Å². The monoisotopic (exact) mass is 572 g/mol. The summed E-state index contributed by atoms with van der Waals surface area (Å²) >= 11 is 12.3. The first-order valence-electron chi connectivity index (χ1n) is 12.8. The third-order valence-corrected chi connectivity index (χ3v) is 7.39. The number of anilines is 2. The van der Waals surface area contributed by atoms with Crippen LogP contribution in [0.5, 0.6) is 0 Å². The Morgan fingerprint density at radius 3 is 2.10 bits per heavy atom. The van der Waals surface area contributed by atoms with Crippen LogP contribution in [0.1, 0.15) is 25.5 Å². The van der Waals surface area contributed by atoms with Crippen molar-refractivity contribution in [1.29, 1.82) is 0 Å². The fraction of sp³-hybridized carbons (Fsp3) is 0.172. The van der Waals surface area contributed by atoms with E-state index in [4.69, 9.17) is 39.4 Å². The van der Waals surface area contributed by atoms with Gasteiger partial charge in [-0.2, -0.15) is 10.2 Å².